The van der Waals surface area contributed by atoms with Crippen LogP contribution >= 0.6 is 0 Å². The fourth-order valence-corrected chi connectivity index (χ4v) is 4.80. The lowest BCUT2D eigenvalue weighted by atomic mass is 10.1. The van der Waals surface area contributed by atoms with Crippen LogP contribution in [0.3, 0.4) is 0 Å². The van der Waals surface area contributed by atoms with E-state index in [4.69, 9.17) is 14.5 Å². The summed E-state index contributed by atoms with van der Waals surface area (Å²) in [5.74, 6) is 0.588. The van der Waals surface area contributed by atoms with Gasteiger partial charge in [0, 0.05) is 36.2 Å². The monoisotopic (exact) mass is 538 g/mol. The van der Waals surface area contributed by atoms with Gasteiger partial charge < -0.3 is 14.4 Å². The van der Waals surface area contributed by atoms with E-state index >= 15 is 0 Å². The first-order valence-electron chi connectivity index (χ1n) is 13.5. The minimum Gasteiger partial charge on any atom is -0.497 e. The summed E-state index contributed by atoms with van der Waals surface area (Å²) in [5, 5.41) is 2.97. The van der Waals surface area contributed by atoms with Crippen LogP contribution in [-0.4, -0.2) is 59.2 Å². The maximum absolute atomic E-state index is 13.5. The van der Waals surface area contributed by atoms with Gasteiger partial charge in [-0.3, -0.25) is 19.5 Å². The fourth-order valence-electron chi connectivity index (χ4n) is 4.80. The van der Waals surface area contributed by atoms with Gasteiger partial charge in [0.15, 0.2) is 0 Å². The van der Waals surface area contributed by atoms with Crippen molar-refractivity contribution in [1.82, 2.24) is 14.5 Å². The number of nitrogens with one attached hydrogen (secondary N) is 1. The summed E-state index contributed by atoms with van der Waals surface area (Å²) < 4.78 is 12.9. The number of benzene rings is 3. The maximum atomic E-state index is 13.5. The van der Waals surface area contributed by atoms with Gasteiger partial charge >= 0.3 is 0 Å². The van der Waals surface area contributed by atoms with Crippen LogP contribution in [-0.2, 0) is 9.53 Å². The predicted octanol–water partition coefficient (Wildman–Crippen LogP) is 5.42. The number of hydrogen-bond acceptors (Lipinski definition) is 5. The molecule has 0 spiro atoms. The quantitative estimate of drug-likeness (QED) is 0.307. The standard InChI is InChI=1S/C32H34N4O4/c1-22-11-14-26(18-23(22)2)36-20-29(24-12-15-27(39-3)16-13-24)33-32(36)34-30(37)21-35(19-28-10-7-17-40-28)31(38)25-8-5-4-6-9-25/h4-6,8-9,11-16,18,20,28H,7,10,17,19,21H2,1-3H3,(H,33,34,37)/t28-/m0/s1. The van der Waals surface area contributed by atoms with E-state index in [1.54, 1.807) is 24.1 Å². The molecule has 1 fully saturated rings. The Balaban J connectivity index is 1.43. The SMILES string of the molecule is COc1ccc(-c2cn(-c3ccc(C)c(C)c3)c(NC(=O)CN(C[C@@H]3CCCO3)C(=O)c3ccccc3)n2)cc1. The lowest BCUT2D eigenvalue weighted by molar-refractivity contribution is -0.117. The topological polar surface area (TPSA) is 85.7 Å². The number of nitrogens with zero attached hydrogens (tertiary/aromatic N) is 3. The fraction of sp³-hybridized carbons (Fsp3) is 0.281. The van der Waals surface area contributed by atoms with Gasteiger partial charge in [0.2, 0.25) is 11.9 Å². The van der Waals surface area contributed by atoms with Crippen LogP contribution in [0.2, 0.25) is 0 Å². The maximum Gasteiger partial charge on any atom is 0.254 e. The molecule has 1 saturated heterocycles. The molecule has 5 rings (SSSR count). The summed E-state index contributed by atoms with van der Waals surface area (Å²) in [5.41, 5.74) is 5.31. The van der Waals surface area contributed by atoms with Crippen LogP contribution in [0.15, 0.2) is 79.0 Å². The lowest BCUT2D eigenvalue weighted by Gasteiger charge is -2.25. The summed E-state index contributed by atoms with van der Waals surface area (Å²) in [7, 11) is 1.63. The minimum atomic E-state index is -0.334. The zero-order valence-corrected chi connectivity index (χ0v) is 23.1. The first-order valence-corrected chi connectivity index (χ1v) is 13.5. The molecule has 40 heavy (non-hydrogen) atoms. The number of aryl methyl sites for hydroxylation is 2. The van der Waals surface area contributed by atoms with Gasteiger partial charge in [0.25, 0.3) is 5.91 Å². The second-order valence-corrected chi connectivity index (χ2v) is 10.1. The molecule has 2 heterocycles. The Bertz CT molecular complexity index is 1470. The van der Waals surface area contributed by atoms with E-state index in [9.17, 15) is 9.59 Å². The largest absolute Gasteiger partial charge is 0.497 e. The molecule has 1 aliphatic rings. The Morgan fingerprint density at radius 3 is 2.50 bits per heavy atom. The second-order valence-electron chi connectivity index (χ2n) is 10.1. The summed E-state index contributed by atoms with van der Waals surface area (Å²) >= 11 is 0. The third kappa shape index (κ3) is 6.24. The molecule has 8 heteroatoms. The van der Waals surface area contributed by atoms with Crippen LogP contribution in [0.5, 0.6) is 5.75 Å². The van der Waals surface area contributed by atoms with E-state index in [-0.39, 0.29) is 24.5 Å². The lowest BCUT2D eigenvalue weighted by Crippen LogP contribution is -2.42. The molecule has 0 unspecified atom stereocenters. The van der Waals surface area contributed by atoms with Crippen LogP contribution in [0.4, 0.5) is 5.95 Å². The summed E-state index contributed by atoms with van der Waals surface area (Å²) in [6, 6.07) is 22.7. The molecule has 0 bridgehead atoms. The number of amides is 2. The molecular formula is C32H34N4O4. The number of aromatic nitrogens is 2. The van der Waals surface area contributed by atoms with E-state index < -0.39 is 0 Å². The Hall–Kier alpha value is -4.43. The minimum absolute atomic E-state index is 0.0837. The van der Waals surface area contributed by atoms with Crippen molar-refractivity contribution in [2.75, 3.05) is 32.1 Å². The highest BCUT2D eigenvalue weighted by atomic mass is 16.5. The van der Waals surface area contributed by atoms with Gasteiger partial charge in [-0.25, -0.2) is 4.98 Å². The van der Waals surface area contributed by atoms with E-state index in [1.807, 2.05) is 65.4 Å². The van der Waals surface area contributed by atoms with Gasteiger partial charge in [0.05, 0.1) is 18.9 Å². The van der Waals surface area contributed by atoms with Gasteiger partial charge in [-0.05, 0) is 86.3 Å². The zero-order chi connectivity index (χ0) is 28.1. The summed E-state index contributed by atoms with van der Waals surface area (Å²) in [4.78, 5) is 33.2. The Morgan fingerprint density at radius 1 is 1.05 bits per heavy atom. The van der Waals surface area contributed by atoms with Crippen molar-refractivity contribution in [2.24, 2.45) is 0 Å². The highest BCUT2D eigenvalue weighted by Crippen LogP contribution is 2.27. The van der Waals surface area contributed by atoms with Crippen LogP contribution < -0.4 is 10.1 Å². The number of carbonyl (C=O) groups excluding carboxylic acids is 2. The number of ether oxygens (including phenoxy) is 2. The van der Waals surface area contributed by atoms with E-state index in [0.29, 0.717) is 30.4 Å². The number of hydrogen-bond donors (Lipinski definition) is 1. The molecule has 1 atom stereocenters. The summed E-state index contributed by atoms with van der Waals surface area (Å²) in [6.07, 6.45) is 3.63. The average molecular weight is 539 g/mol. The van der Waals surface area contributed by atoms with Crippen molar-refractivity contribution in [2.45, 2.75) is 32.8 Å². The molecule has 0 saturated carbocycles. The first-order chi connectivity index (χ1) is 19.4. The van der Waals surface area contributed by atoms with Crippen molar-refractivity contribution < 1.29 is 19.1 Å². The average Bonchev–Trinajstić information content (AvgIpc) is 3.64. The highest BCUT2D eigenvalue weighted by molar-refractivity contribution is 5.99. The number of imidazole rings is 1. The van der Waals surface area contributed by atoms with Crippen LogP contribution in [0.25, 0.3) is 16.9 Å². The molecular weight excluding hydrogens is 504 g/mol. The molecule has 4 aromatic rings. The molecule has 1 aromatic heterocycles. The predicted molar refractivity (Wildman–Crippen MR) is 155 cm³/mol. The third-order valence-electron chi connectivity index (χ3n) is 7.20. The number of anilines is 1. The molecule has 0 aliphatic carbocycles. The second kappa shape index (κ2) is 12.2. The molecule has 2 amide bonds. The van der Waals surface area contributed by atoms with Crippen LogP contribution in [0.1, 0.15) is 34.3 Å². The van der Waals surface area contributed by atoms with Gasteiger partial charge in [0.1, 0.15) is 12.3 Å². The molecule has 8 nitrogen and oxygen atoms in total. The molecule has 3 aromatic carbocycles. The third-order valence-corrected chi connectivity index (χ3v) is 7.20. The Kier molecular flexibility index (Phi) is 8.26. The van der Waals surface area contributed by atoms with Crippen molar-refractivity contribution in [3.63, 3.8) is 0 Å². The van der Waals surface area contributed by atoms with E-state index in [2.05, 4.69) is 25.2 Å². The van der Waals surface area contributed by atoms with Crippen molar-refractivity contribution >= 4 is 17.8 Å². The molecule has 206 valence electrons. The van der Waals surface area contributed by atoms with Gasteiger partial charge in [-0.15, -0.1) is 0 Å². The van der Waals surface area contributed by atoms with Crippen LogP contribution in [0, 0.1) is 13.8 Å². The number of methoxy groups -OCH3 is 1. The van der Waals surface area contributed by atoms with E-state index in [1.165, 1.54) is 5.56 Å². The van der Waals surface area contributed by atoms with Crippen molar-refractivity contribution in [1.29, 1.82) is 0 Å². The van der Waals surface area contributed by atoms with Gasteiger partial charge in [-0.2, -0.15) is 0 Å². The molecule has 0 radical (unpaired) electrons. The smallest absolute Gasteiger partial charge is 0.254 e. The van der Waals surface area contributed by atoms with E-state index in [0.717, 1.165) is 35.4 Å². The summed E-state index contributed by atoms with van der Waals surface area (Å²) in [6.45, 7) is 5.02. The zero-order valence-electron chi connectivity index (χ0n) is 23.1. The first kappa shape index (κ1) is 27.1. The van der Waals surface area contributed by atoms with Crippen molar-refractivity contribution in [3.05, 3.63) is 95.7 Å². The molecule has 1 aliphatic heterocycles. The number of carbonyl (C=O) groups is 2. The number of rotatable bonds is 9. The van der Waals surface area contributed by atoms with Gasteiger partial charge in [-0.1, -0.05) is 24.3 Å². The Morgan fingerprint density at radius 2 is 1.82 bits per heavy atom. The molecule has 1 N–H and O–H groups in total. The highest BCUT2D eigenvalue weighted by Gasteiger charge is 2.26. The van der Waals surface area contributed by atoms with Crippen molar-refractivity contribution in [3.8, 4) is 22.7 Å². The normalized spacial score (nSPS) is 14.6. The Labute approximate surface area is 234 Å².